The Hall–Kier alpha value is -2.91. The van der Waals surface area contributed by atoms with Crippen LogP contribution in [-0.2, 0) is 39.1 Å². The highest BCUT2D eigenvalue weighted by atomic mass is 32.2. The van der Waals surface area contributed by atoms with Gasteiger partial charge in [-0.25, -0.2) is 13.4 Å². The summed E-state index contributed by atoms with van der Waals surface area (Å²) in [6, 6.07) is 10.8. The lowest BCUT2D eigenvalue weighted by Crippen LogP contribution is -2.30. The van der Waals surface area contributed by atoms with Gasteiger partial charge in [0.1, 0.15) is 18.2 Å². The fourth-order valence-electron chi connectivity index (χ4n) is 4.04. The monoisotopic (exact) mass is 487 g/mol. The van der Waals surface area contributed by atoms with Crippen LogP contribution >= 0.6 is 0 Å². The number of imidazole rings is 1. The van der Waals surface area contributed by atoms with Gasteiger partial charge in [0.15, 0.2) is 0 Å². The number of rotatable bonds is 11. The summed E-state index contributed by atoms with van der Waals surface area (Å²) in [4.78, 5) is 17.3. The van der Waals surface area contributed by atoms with E-state index in [2.05, 4.69) is 4.98 Å². The second kappa shape index (κ2) is 11.0. The summed E-state index contributed by atoms with van der Waals surface area (Å²) in [6.45, 7) is 9.20. The molecule has 1 heterocycles. The Labute approximate surface area is 201 Å². The molecule has 3 aromatic rings. The number of ether oxygens (including phenoxy) is 2. The summed E-state index contributed by atoms with van der Waals surface area (Å²) >= 11 is 0. The number of sulfonamides is 1. The van der Waals surface area contributed by atoms with Gasteiger partial charge >= 0.3 is 5.97 Å². The molecule has 0 radical (unpaired) electrons. The maximum Gasteiger partial charge on any atom is 0.306 e. The van der Waals surface area contributed by atoms with Crippen molar-refractivity contribution in [3.05, 3.63) is 53.3 Å². The third-order valence-corrected chi connectivity index (χ3v) is 7.88. The molecule has 184 valence electrons. The zero-order chi connectivity index (χ0) is 24.9. The Morgan fingerprint density at radius 3 is 2.47 bits per heavy atom. The van der Waals surface area contributed by atoms with Gasteiger partial charge in [0.25, 0.3) is 0 Å². The van der Waals surface area contributed by atoms with Crippen molar-refractivity contribution in [1.82, 2.24) is 13.9 Å². The zero-order valence-corrected chi connectivity index (χ0v) is 21.3. The Morgan fingerprint density at radius 2 is 1.82 bits per heavy atom. The normalized spacial score (nSPS) is 11.8. The second-order valence-electron chi connectivity index (χ2n) is 7.99. The third kappa shape index (κ3) is 5.42. The van der Waals surface area contributed by atoms with Gasteiger partial charge in [0.2, 0.25) is 10.0 Å². The molecule has 0 N–H and O–H groups in total. The number of aromatic nitrogens is 2. The predicted octanol–water partition coefficient (Wildman–Crippen LogP) is 4.08. The standard InChI is InChI=1S/C25H33N3O5S/c1-6-27(7-2)34(30,31)20-10-11-22-21(16-20)26-24(28(22)8-3)13-14-25(29)33-17-19-15-18(4)9-12-23(19)32-5/h9-12,15-16H,6-8,13-14,17H2,1-5H3. The van der Waals surface area contributed by atoms with Crippen LogP contribution in [0.2, 0.25) is 0 Å². The molecule has 34 heavy (non-hydrogen) atoms. The van der Waals surface area contributed by atoms with Crippen LogP contribution in [0.4, 0.5) is 0 Å². The molecule has 2 aromatic carbocycles. The minimum absolute atomic E-state index is 0.139. The van der Waals surface area contributed by atoms with Crippen LogP contribution in [-0.4, -0.2) is 48.4 Å². The Balaban J connectivity index is 1.74. The molecular formula is C25H33N3O5S. The highest BCUT2D eigenvalue weighted by molar-refractivity contribution is 7.89. The topological polar surface area (TPSA) is 90.7 Å². The van der Waals surface area contributed by atoms with Gasteiger partial charge in [-0.05, 0) is 44.2 Å². The molecule has 0 fully saturated rings. The average molecular weight is 488 g/mol. The summed E-state index contributed by atoms with van der Waals surface area (Å²) in [5.41, 5.74) is 3.32. The fourth-order valence-corrected chi connectivity index (χ4v) is 5.52. The van der Waals surface area contributed by atoms with Gasteiger partial charge in [-0.15, -0.1) is 0 Å². The summed E-state index contributed by atoms with van der Waals surface area (Å²) in [5, 5.41) is 0. The smallest absolute Gasteiger partial charge is 0.306 e. The van der Waals surface area contributed by atoms with Crippen LogP contribution in [0, 0.1) is 6.92 Å². The van der Waals surface area contributed by atoms with Gasteiger partial charge in [-0.2, -0.15) is 4.31 Å². The number of hydrogen-bond acceptors (Lipinski definition) is 6. The second-order valence-corrected chi connectivity index (χ2v) is 9.93. The largest absolute Gasteiger partial charge is 0.496 e. The van der Waals surface area contributed by atoms with E-state index in [9.17, 15) is 13.2 Å². The van der Waals surface area contributed by atoms with E-state index < -0.39 is 10.0 Å². The van der Waals surface area contributed by atoms with Crippen LogP contribution < -0.4 is 4.74 Å². The van der Waals surface area contributed by atoms with Crippen molar-refractivity contribution in [2.75, 3.05) is 20.2 Å². The molecule has 0 saturated carbocycles. The number of hydrogen-bond donors (Lipinski definition) is 0. The zero-order valence-electron chi connectivity index (χ0n) is 20.5. The Morgan fingerprint density at radius 1 is 1.09 bits per heavy atom. The van der Waals surface area contributed by atoms with Crippen LogP contribution in [0.3, 0.4) is 0 Å². The third-order valence-electron chi connectivity index (χ3n) is 5.84. The number of fused-ring (bicyclic) bond motifs is 1. The summed E-state index contributed by atoms with van der Waals surface area (Å²) < 4.78 is 40.0. The predicted molar refractivity (Wildman–Crippen MR) is 131 cm³/mol. The summed E-state index contributed by atoms with van der Waals surface area (Å²) in [7, 11) is -1.98. The highest BCUT2D eigenvalue weighted by Gasteiger charge is 2.23. The first-order valence-corrected chi connectivity index (χ1v) is 13.0. The number of carbonyl (C=O) groups excluding carboxylic acids is 1. The lowest BCUT2D eigenvalue weighted by molar-refractivity contribution is -0.145. The number of benzene rings is 2. The fraction of sp³-hybridized carbons (Fsp3) is 0.440. The quantitative estimate of drug-likeness (QED) is 0.379. The van der Waals surface area contributed by atoms with Crippen molar-refractivity contribution in [3.63, 3.8) is 0 Å². The number of methoxy groups -OCH3 is 1. The van der Waals surface area contributed by atoms with Crippen molar-refractivity contribution < 1.29 is 22.7 Å². The van der Waals surface area contributed by atoms with Crippen molar-refractivity contribution >= 4 is 27.0 Å². The molecule has 3 rings (SSSR count). The lowest BCUT2D eigenvalue weighted by Gasteiger charge is -2.18. The van der Waals surface area contributed by atoms with E-state index >= 15 is 0 Å². The SMILES string of the molecule is CCN(CC)S(=O)(=O)c1ccc2c(c1)nc(CCC(=O)OCc1cc(C)ccc1OC)n2CC. The first-order chi connectivity index (χ1) is 16.2. The minimum Gasteiger partial charge on any atom is -0.496 e. The molecule has 0 aliphatic rings. The highest BCUT2D eigenvalue weighted by Crippen LogP contribution is 2.24. The Kier molecular flexibility index (Phi) is 8.33. The maximum absolute atomic E-state index is 12.9. The molecule has 9 heteroatoms. The minimum atomic E-state index is -3.57. The molecule has 0 amide bonds. The van der Waals surface area contributed by atoms with E-state index in [1.54, 1.807) is 25.3 Å². The van der Waals surface area contributed by atoms with Crippen LogP contribution in [0.15, 0.2) is 41.3 Å². The van der Waals surface area contributed by atoms with Crippen LogP contribution in [0.25, 0.3) is 11.0 Å². The summed E-state index contributed by atoms with van der Waals surface area (Å²) in [5.74, 6) is 1.07. The Bertz CT molecular complexity index is 1260. The van der Waals surface area contributed by atoms with Gasteiger partial charge in [-0.1, -0.05) is 25.5 Å². The average Bonchev–Trinajstić information content (AvgIpc) is 3.18. The molecule has 8 nitrogen and oxygen atoms in total. The maximum atomic E-state index is 12.9. The molecule has 0 unspecified atom stereocenters. The first kappa shape index (κ1) is 25.7. The van der Waals surface area contributed by atoms with Crippen LogP contribution in [0.5, 0.6) is 5.75 Å². The van der Waals surface area contributed by atoms with Crippen molar-refractivity contribution in [2.24, 2.45) is 0 Å². The summed E-state index contributed by atoms with van der Waals surface area (Å²) in [6.07, 6.45) is 0.562. The molecule has 1 aromatic heterocycles. The first-order valence-electron chi connectivity index (χ1n) is 11.5. The van der Waals surface area contributed by atoms with E-state index in [0.29, 0.717) is 37.3 Å². The van der Waals surface area contributed by atoms with E-state index in [1.165, 1.54) is 4.31 Å². The molecule has 0 bridgehead atoms. The van der Waals surface area contributed by atoms with E-state index in [0.717, 1.165) is 22.5 Å². The van der Waals surface area contributed by atoms with Crippen molar-refractivity contribution in [1.29, 1.82) is 0 Å². The number of nitrogens with zero attached hydrogens (tertiary/aromatic N) is 3. The van der Waals surface area contributed by atoms with Gasteiger partial charge in [0.05, 0.1) is 29.5 Å². The molecule has 0 spiro atoms. The van der Waals surface area contributed by atoms with E-state index in [4.69, 9.17) is 9.47 Å². The van der Waals surface area contributed by atoms with E-state index in [1.807, 2.05) is 50.5 Å². The van der Waals surface area contributed by atoms with Crippen molar-refractivity contribution in [3.8, 4) is 5.75 Å². The van der Waals surface area contributed by atoms with Gasteiger partial charge in [0, 0.05) is 31.6 Å². The molecule has 0 aliphatic heterocycles. The number of esters is 1. The lowest BCUT2D eigenvalue weighted by atomic mass is 10.1. The number of carbonyl (C=O) groups is 1. The molecule has 0 aliphatic carbocycles. The van der Waals surface area contributed by atoms with Gasteiger partial charge in [-0.3, -0.25) is 4.79 Å². The van der Waals surface area contributed by atoms with Crippen molar-refractivity contribution in [2.45, 2.75) is 58.6 Å². The molecule has 0 saturated heterocycles. The number of aryl methyl sites for hydroxylation is 3. The molecular weight excluding hydrogens is 454 g/mol. The molecule has 0 atom stereocenters. The van der Waals surface area contributed by atoms with E-state index in [-0.39, 0.29) is 23.9 Å². The van der Waals surface area contributed by atoms with Gasteiger partial charge < -0.3 is 14.0 Å². The van der Waals surface area contributed by atoms with Crippen LogP contribution in [0.1, 0.15) is 44.1 Å².